The molecule has 0 unspecified atom stereocenters. The summed E-state index contributed by atoms with van der Waals surface area (Å²) in [6.45, 7) is 4.07. The number of nitrogens with zero attached hydrogens (tertiary/aromatic N) is 1. The lowest BCUT2D eigenvalue weighted by Gasteiger charge is -2.18. The Bertz CT molecular complexity index is 999. The van der Waals surface area contributed by atoms with Crippen LogP contribution in [0, 0.1) is 13.8 Å². The molecule has 0 aliphatic carbocycles. The number of thiocarbonyl (C=S) groups is 1. The third-order valence-electron chi connectivity index (χ3n) is 4.36. The Morgan fingerprint density at radius 1 is 0.963 bits per heavy atom. The van der Waals surface area contributed by atoms with Crippen LogP contribution in [-0.2, 0) is 0 Å². The fraction of sp³-hybridized carbons (Fsp3) is 0.0909. The minimum absolute atomic E-state index is 0.175. The molecule has 0 fully saturated rings. The summed E-state index contributed by atoms with van der Waals surface area (Å²) in [6.07, 6.45) is 3.61. The van der Waals surface area contributed by atoms with Crippen LogP contribution in [0.5, 0.6) is 0 Å². The van der Waals surface area contributed by atoms with E-state index in [-0.39, 0.29) is 5.76 Å². The fourth-order valence-electron chi connectivity index (χ4n) is 2.69. The molecule has 0 aliphatic rings. The average Bonchev–Trinajstić information content (AvgIpc) is 2.67. The van der Waals surface area contributed by atoms with Gasteiger partial charge in [-0.2, -0.15) is 4.57 Å². The zero-order valence-electron chi connectivity index (χ0n) is 15.1. The molecule has 0 radical (unpaired) electrons. The molecule has 5 heteroatoms. The van der Waals surface area contributed by atoms with Crippen molar-refractivity contribution in [3.05, 3.63) is 94.8 Å². The first kappa shape index (κ1) is 19.1. The van der Waals surface area contributed by atoms with Crippen LogP contribution in [0.25, 0.3) is 11.5 Å². The van der Waals surface area contributed by atoms with Crippen LogP contribution in [0.2, 0.25) is 5.02 Å². The summed E-state index contributed by atoms with van der Waals surface area (Å²) in [5.74, 6) is -0.175. The van der Waals surface area contributed by atoms with E-state index in [0.717, 1.165) is 16.8 Å². The van der Waals surface area contributed by atoms with Crippen molar-refractivity contribution in [3.8, 4) is 0 Å². The van der Waals surface area contributed by atoms with Gasteiger partial charge in [0, 0.05) is 22.8 Å². The molecule has 0 spiro atoms. The molecule has 0 amide bonds. The van der Waals surface area contributed by atoms with Gasteiger partial charge in [-0.3, -0.25) is 0 Å². The molecule has 3 aromatic rings. The highest BCUT2D eigenvalue weighted by Gasteiger charge is 2.19. The van der Waals surface area contributed by atoms with Crippen molar-refractivity contribution in [2.75, 3.05) is 5.32 Å². The fourth-order valence-corrected chi connectivity index (χ4v) is 3.13. The highest BCUT2D eigenvalue weighted by molar-refractivity contribution is 7.81. The molecule has 2 aromatic carbocycles. The number of hydrogen-bond acceptors (Lipinski definition) is 2. The number of nitrogens with one attached hydrogen (secondary N) is 1. The van der Waals surface area contributed by atoms with Gasteiger partial charge in [0.05, 0.1) is 0 Å². The van der Waals surface area contributed by atoms with E-state index in [0.29, 0.717) is 21.3 Å². The minimum atomic E-state index is -0.175. The van der Waals surface area contributed by atoms with E-state index in [2.05, 4.69) is 5.32 Å². The lowest BCUT2D eigenvalue weighted by atomic mass is 10.1. The van der Waals surface area contributed by atoms with E-state index in [4.69, 9.17) is 23.8 Å². The van der Waals surface area contributed by atoms with E-state index in [1.807, 2.05) is 50.2 Å². The summed E-state index contributed by atoms with van der Waals surface area (Å²) in [5, 5.41) is 17.0. The maximum atomic E-state index is 13.2. The van der Waals surface area contributed by atoms with Gasteiger partial charge in [0.1, 0.15) is 0 Å². The Hall–Kier alpha value is -2.69. The van der Waals surface area contributed by atoms with Crippen molar-refractivity contribution < 1.29 is 9.67 Å². The summed E-state index contributed by atoms with van der Waals surface area (Å²) < 4.78 is 1.73. The Morgan fingerprint density at radius 2 is 1.63 bits per heavy atom. The van der Waals surface area contributed by atoms with Crippen LogP contribution in [0.15, 0.2) is 73.1 Å². The van der Waals surface area contributed by atoms with E-state index >= 15 is 0 Å². The van der Waals surface area contributed by atoms with Gasteiger partial charge in [-0.1, -0.05) is 54.2 Å². The number of aromatic nitrogens is 1. The zero-order valence-corrected chi connectivity index (χ0v) is 16.6. The van der Waals surface area contributed by atoms with Gasteiger partial charge in [0.15, 0.2) is 17.4 Å². The molecule has 0 atom stereocenters. The predicted molar refractivity (Wildman–Crippen MR) is 113 cm³/mol. The molecule has 0 saturated carbocycles. The molecule has 1 N–H and O–H groups in total. The normalized spacial score (nSPS) is 11.7. The third-order valence-corrected chi connectivity index (χ3v) is 4.91. The lowest BCUT2D eigenvalue weighted by molar-refractivity contribution is -0.577. The molecule has 0 aliphatic heterocycles. The van der Waals surface area contributed by atoms with Crippen molar-refractivity contribution >= 4 is 46.0 Å². The van der Waals surface area contributed by atoms with E-state index in [9.17, 15) is 5.11 Å². The molecule has 0 saturated heterocycles. The van der Waals surface area contributed by atoms with E-state index in [1.54, 1.807) is 41.2 Å². The van der Waals surface area contributed by atoms with Gasteiger partial charge in [-0.15, -0.1) is 0 Å². The molecule has 27 heavy (non-hydrogen) atoms. The smallest absolute Gasteiger partial charge is 0.238 e. The molecule has 3 nitrogen and oxygen atoms in total. The molecular formula is C22H19ClN2OS. The first-order valence-electron chi connectivity index (χ1n) is 8.49. The maximum Gasteiger partial charge on any atom is 0.238 e. The average molecular weight is 395 g/mol. The molecule has 1 aromatic heterocycles. The van der Waals surface area contributed by atoms with E-state index in [1.165, 1.54) is 0 Å². The number of aryl methyl sites for hydroxylation is 1. The number of anilines is 1. The maximum absolute atomic E-state index is 13.2. The van der Waals surface area contributed by atoms with Crippen LogP contribution in [0.1, 0.15) is 16.7 Å². The first-order valence-corrected chi connectivity index (χ1v) is 9.27. The van der Waals surface area contributed by atoms with Crippen LogP contribution in [0.3, 0.4) is 0 Å². The summed E-state index contributed by atoms with van der Waals surface area (Å²) >= 11 is 11.6. The molecule has 3 rings (SSSR count). The van der Waals surface area contributed by atoms with Gasteiger partial charge in [0.25, 0.3) is 0 Å². The predicted octanol–water partition coefficient (Wildman–Crippen LogP) is 4.37. The number of rotatable bonds is 4. The van der Waals surface area contributed by atoms with Crippen molar-refractivity contribution in [2.24, 2.45) is 0 Å². The molecular weight excluding hydrogens is 376 g/mol. The Labute approximate surface area is 169 Å². The van der Waals surface area contributed by atoms with E-state index < -0.39 is 0 Å². The second-order valence-corrected chi connectivity index (χ2v) is 7.01. The lowest BCUT2D eigenvalue weighted by Crippen LogP contribution is -2.39. The summed E-state index contributed by atoms with van der Waals surface area (Å²) in [5.41, 5.74) is 4.04. The Kier molecular flexibility index (Phi) is 5.89. The van der Waals surface area contributed by atoms with Gasteiger partial charge in [-0.05, 0) is 54.5 Å². The first-order chi connectivity index (χ1) is 13.0. The minimum Gasteiger partial charge on any atom is -0.867 e. The Balaban J connectivity index is 2.07. The number of hydrogen-bond donors (Lipinski definition) is 1. The van der Waals surface area contributed by atoms with Gasteiger partial charge >= 0.3 is 0 Å². The van der Waals surface area contributed by atoms with Gasteiger partial charge in [0.2, 0.25) is 5.70 Å². The monoisotopic (exact) mass is 394 g/mol. The van der Waals surface area contributed by atoms with Crippen LogP contribution in [0.4, 0.5) is 5.69 Å². The summed E-state index contributed by atoms with van der Waals surface area (Å²) in [6, 6.07) is 18.4. The van der Waals surface area contributed by atoms with Gasteiger partial charge in [-0.25, -0.2) is 0 Å². The van der Waals surface area contributed by atoms with Crippen LogP contribution in [-0.4, -0.2) is 4.99 Å². The summed E-state index contributed by atoms with van der Waals surface area (Å²) in [7, 11) is 0. The molecule has 1 heterocycles. The topological polar surface area (TPSA) is 39.0 Å². The van der Waals surface area contributed by atoms with Gasteiger partial charge < -0.3 is 10.4 Å². The highest BCUT2D eigenvalue weighted by Crippen LogP contribution is 2.22. The summed E-state index contributed by atoms with van der Waals surface area (Å²) in [4.78, 5) is 0.361. The highest BCUT2D eigenvalue weighted by atomic mass is 35.5. The molecule has 0 bridgehead atoms. The second-order valence-electron chi connectivity index (χ2n) is 6.17. The quantitative estimate of drug-likeness (QED) is 0.309. The van der Waals surface area contributed by atoms with Crippen molar-refractivity contribution in [1.82, 2.24) is 0 Å². The van der Waals surface area contributed by atoms with Crippen molar-refractivity contribution in [3.63, 3.8) is 0 Å². The van der Waals surface area contributed by atoms with Crippen molar-refractivity contribution in [2.45, 2.75) is 13.8 Å². The second kappa shape index (κ2) is 8.33. The Morgan fingerprint density at radius 3 is 2.30 bits per heavy atom. The standard InChI is InChI=1S/C22H19ClN2OS/c1-15-7-6-8-19(16(15)2)24-22(27)20(25-13-4-3-5-14-25)21(26)17-9-11-18(23)12-10-17/h3-14H,1-2H3,(H-,24,26,27). The number of halogens is 1. The number of benzene rings is 2. The van der Waals surface area contributed by atoms with Crippen LogP contribution >= 0.6 is 23.8 Å². The molecule has 136 valence electrons. The zero-order chi connectivity index (χ0) is 19.4. The largest absolute Gasteiger partial charge is 0.867 e. The SMILES string of the molecule is Cc1cccc(NC(=S)C(=C([O-])c2ccc(Cl)cc2)[n+]2ccccc2)c1C. The number of pyridine rings is 1. The third kappa shape index (κ3) is 4.35. The van der Waals surface area contributed by atoms with Crippen molar-refractivity contribution in [1.29, 1.82) is 0 Å². The van der Waals surface area contributed by atoms with Crippen LogP contribution < -0.4 is 15.0 Å².